The fourth-order valence-electron chi connectivity index (χ4n) is 2.48. The van der Waals surface area contributed by atoms with Crippen molar-refractivity contribution < 1.29 is 14.6 Å². The summed E-state index contributed by atoms with van der Waals surface area (Å²) in [5.74, 6) is 1.67. The van der Waals surface area contributed by atoms with Gasteiger partial charge in [0.25, 0.3) is 0 Å². The zero-order chi connectivity index (χ0) is 15.4. The van der Waals surface area contributed by atoms with Gasteiger partial charge in [-0.15, -0.1) is 0 Å². The molecular formula is C17H21NO3S. The average Bonchev–Trinajstić information content (AvgIpc) is 3.20. The molecule has 1 aliphatic rings. The molecule has 0 radical (unpaired) electrons. The topological polar surface area (TPSA) is 50.7 Å². The molecule has 1 aromatic heterocycles. The molecule has 0 spiro atoms. The van der Waals surface area contributed by atoms with Gasteiger partial charge in [0.05, 0.1) is 6.10 Å². The Bertz CT molecular complexity index is 600. The minimum atomic E-state index is -0.431. The van der Waals surface area contributed by atoms with Crippen LogP contribution in [0.2, 0.25) is 0 Å². The van der Waals surface area contributed by atoms with Crippen molar-refractivity contribution in [2.45, 2.75) is 31.9 Å². The third-order valence-corrected chi connectivity index (χ3v) is 4.59. The van der Waals surface area contributed by atoms with Gasteiger partial charge >= 0.3 is 0 Å². The Balaban J connectivity index is 1.43. The molecule has 0 amide bonds. The number of aliphatic hydroxyl groups is 1. The zero-order valence-electron chi connectivity index (χ0n) is 12.6. The van der Waals surface area contributed by atoms with E-state index in [9.17, 15) is 5.11 Å². The Labute approximate surface area is 134 Å². The molecule has 0 fully saturated rings. The van der Waals surface area contributed by atoms with Crippen LogP contribution in [0.1, 0.15) is 30.6 Å². The lowest BCUT2D eigenvalue weighted by atomic mass is 10.1. The maximum Gasteiger partial charge on any atom is 0.231 e. The number of benzene rings is 1. The van der Waals surface area contributed by atoms with E-state index in [1.54, 1.807) is 11.3 Å². The summed E-state index contributed by atoms with van der Waals surface area (Å²) in [5.41, 5.74) is 2.23. The number of aryl methyl sites for hydroxylation is 1. The zero-order valence-corrected chi connectivity index (χ0v) is 13.4. The summed E-state index contributed by atoms with van der Waals surface area (Å²) in [6.45, 7) is 3.05. The van der Waals surface area contributed by atoms with Gasteiger partial charge in [-0.1, -0.05) is 6.07 Å². The first-order chi connectivity index (χ1) is 10.7. The van der Waals surface area contributed by atoms with Crippen molar-refractivity contribution in [2.75, 3.05) is 13.3 Å². The van der Waals surface area contributed by atoms with E-state index in [2.05, 4.69) is 24.4 Å². The van der Waals surface area contributed by atoms with Gasteiger partial charge in [-0.05, 0) is 59.9 Å². The summed E-state index contributed by atoms with van der Waals surface area (Å²) in [7, 11) is 0. The fraction of sp³-hybridized carbons (Fsp3) is 0.412. The number of fused-ring (bicyclic) bond motifs is 1. The standard InChI is InChI=1S/C17H21NO3S/c1-12(18-9-15(19)14-6-7-22-10-14)2-3-13-4-5-16-17(8-13)21-11-20-16/h4-8,10,12,15,18-19H,2-3,9,11H2,1H3. The van der Waals surface area contributed by atoms with Gasteiger partial charge in [-0.25, -0.2) is 0 Å². The number of rotatable bonds is 7. The summed E-state index contributed by atoms with van der Waals surface area (Å²) in [6, 6.07) is 8.42. The predicted molar refractivity (Wildman–Crippen MR) is 87.6 cm³/mol. The molecule has 5 heteroatoms. The van der Waals surface area contributed by atoms with Crippen molar-refractivity contribution in [3.63, 3.8) is 0 Å². The van der Waals surface area contributed by atoms with Crippen LogP contribution in [-0.4, -0.2) is 24.5 Å². The summed E-state index contributed by atoms with van der Waals surface area (Å²) in [4.78, 5) is 0. The predicted octanol–water partition coefficient (Wildman–Crippen LogP) is 3.12. The lowest BCUT2D eigenvalue weighted by Crippen LogP contribution is -2.30. The molecule has 0 saturated heterocycles. The SMILES string of the molecule is CC(CCc1ccc2c(c1)OCO2)NCC(O)c1ccsc1. The van der Waals surface area contributed by atoms with Crippen molar-refractivity contribution in [1.29, 1.82) is 0 Å². The lowest BCUT2D eigenvalue weighted by Gasteiger charge is -2.16. The highest BCUT2D eigenvalue weighted by atomic mass is 32.1. The van der Waals surface area contributed by atoms with Crippen molar-refractivity contribution in [2.24, 2.45) is 0 Å². The largest absolute Gasteiger partial charge is 0.454 e. The Morgan fingerprint density at radius 2 is 2.14 bits per heavy atom. The highest BCUT2D eigenvalue weighted by Gasteiger charge is 2.14. The summed E-state index contributed by atoms with van der Waals surface area (Å²) in [5, 5.41) is 17.4. The molecule has 0 bridgehead atoms. The Morgan fingerprint density at radius 3 is 2.95 bits per heavy atom. The molecule has 2 unspecified atom stereocenters. The first kappa shape index (κ1) is 15.3. The van der Waals surface area contributed by atoms with Crippen LogP contribution in [0.5, 0.6) is 11.5 Å². The van der Waals surface area contributed by atoms with Crippen LogP contribution < -0.4 is 14.8 Å². The van der Waals surface area contributed by atoms with E-state index in [0.29, 0.717) is 19.4 Å². The van der Waals surface area contributed by atoms with Gasteiger partial charge in [0, 0.05) is 12.6 Å². The maximum absolute atomic E-state index is 10.1. The minimum absolute atomic E-state index is 0.317. The van der Waals surface area contributed by atoms with E-state index >= 15 is 0 Å². The smallest absolute Gasteiger partial charge is 0.231 e. The third-order valence-electron chi connectivity index (χ3n) is 3.89. The molecule has 118 valence electrons. The number of hydrogen-bond donors (Lipinski definition) is 2. The van der Waals surface area contributed by atoms with Crippen LogP contribution >= 0.6 is 11.3 Å². The van der Waals surface area contributed by atoms with Crippen LogP contribution in [0.15, 0.2) is 35.0 Å². The monoisotopic (exact) mass is 319 g/mol. The van der Waals surface area contributed by atoms with E-state index in [1.807, 2.05) is 22.9 Å². The summed E-state index contributed by atoms with van der Waals surface area (Å²) in [6.07, 6.45) is 1.55. The second-order valence-electron chi connectivity index (χ2n) is 5.61. The van der Waals surface area contributed by atoms with Crippen LogP contribution in [0.25, 0.3) is 0 Å². The molecule has 0 saturated carbocycles. The molecule has 22 heavy (non-hydrogen) atoms. The Kier molecular flexibility index (Phi) is 4.97. The van der Waals surface area contributed by atoms with E-state index in [0.717, 1.165) is 29.9 Å². The molecule has 3 rings (SSSR count). The number of nitrogens with one attached hydrogen (secondary N) is 1. The van der Waals surface area contributed by atoms with Crippen LogP contribution in [0, 0.1) is 0 Å². The summed E-state index contributed by atoms with van der Waals surface area (Å²) >= 11 is 1.61. The Hall–Kier alpha value is -1.56. The molecule has 2 heterocycles. The van der Waals surface area contributed by atoms with Gasteiger partial charge in [0.1, 0.15) is 0 Å². The summed E-state index contributed by atoms with van der Waals surface area (Å²) < 4.78 is 10.7. The molecule has 2 atom stereocenters. The molecule has 1 aromatic carbocycles. The molecule has 2 aromatic rings. The van der Waals surface area contributed by atoms with Crippen molar-refractivity contribution in [1.82, 2.24) is 5.32 Å². The van der Waals surface area contributed by atoms with Gasteiger partial charge in [-0.3, -0.25) is 0 Å². The fourth-order valence-corrected chi connectivity index (χ4v) is 3.18. The first-order valence-electron chi connectivity index (χ1n) is 7.54. The molecular weight excluding hydrogens is 298 g/mol. The molecule has 1 aliphatic heterocycles. The van der Waals surface area contributed by atoms with Gasteiger partial charge in [-0.2, -0.15) is 11.3 Å². The number of thiophene rings is 1. The normalized spacial score (nSPS) is 15.7. The van der Waals surface area contributed by atoms with E-state index in [4.69, 9.17) is 9.47 Å². The third kappa shape index (κ3) is 3.80. The maximum atomic E-state index is 10.1. The van der Waals surface area contributed by atoms with Crippen molar-refractivity contribution in [3.8, 4) is 11.5 Å². The highest BCUT2D eigenvalue weighted by Crippen LogP contribution is 2.32. The highest BCUT2D eigenvalue weighted by molar-refractivity contribution is 7.07. The second kappa shape index (κ2) is 7.13. The van der Waals surface area contributed by atoms with Gasteiger partial charge < -0.3 is 19.9 Å². The van der Waals surface area contributed by atoms with E-state index in [-0.39, 0.29) is 0 Å². The van der Waals surface area contributed by atoms with Crippen LogP contribution in [0.4, 0.5) is 0 Å². The first-order valence-corrected chi connectivity index (χ1v) is 8.49. The van der Waals surface area contributed by atoms with E-state index in [1.165, 1.54) is 5.56 Å². The van der Waals surface area contributed by atoms with Gasteiger partial charge in [0.15, 0.2) is 11.5 Å². The number of ether oxygens (including phenoxy) is 2. The van der Waals surface area contributed by atoms with Gasteiger partial charge in [0.2, 0.25) is 6.79 Å². The van der Waals surface area contributed by atoms with E-state index < -0.39 is 6.10 Å². The quantitative estimate of drug-likeness (QED) is 0.823. The van der Waals surface area contributed by atoms with Crippen molar-refractivity contribution in [3.05, 3.63) is 46.2 Å². The number of hydrogen-bond acceptors (Lipinski definition) is 5. The minimum Gasteiger partial charge on any atom is -0.454 e. The van der Waals surface area contributed by atoms with Crippen molar-refractivity contribution >= 4 is 11.3 Å². The second-order valence-corrected chi connectivity index (χ2v) is 6.39. The average molecular weight is 319 g/mol. The number of aliphatic hydroxyl groups excluding tert-OH is 1. The lowest BCUT2D eigenvalue weighted by molar-refractivity contribution is 0.170. The van der Waals surface area contributed by atoms with Crippen LogP contribution in [-0.2, 0) is 6.42 Å². The molecule has 2 N–H and O–H groups in total. The Morgan fingerprint density at radius 1 is 1.27 bits per heavy atom. The molecule has 4 nitrogen and oxygen atoms in total. The molecule has 0 aliphatic carbocycles. The van der Waals surface area contributed by atoms with Crippen LogP contribution in [0.3, 0.4) is 0 Å².